The molecule has 1 saturated heterocycles. The Morgan fingerprint density at radius 2 is 2.05 bits per heavy atom. The van der Waals surface area contributed by atoms with Gasteiger partial charge in [-0.25, -0.2) is 8.42 Å². The van der Waals surface area contributed by atoms with Crippen LogP contribution in [0.3, 0.4) is 0 Å². The molecule has 3 nitrogen and oxygen atoms in total. The monoisotopic (exact) mass is 342 g/mol. The summed E-state index contributed by atoms with van der Waals surface area (Å²) in [5.74, 6) is -0.185. The van der Waals surface area contributed by atoms with Gasteiger partial charge in [-0.15, -0.1) is 0 Å². The standard InChI is InChI=1S/C12H13Cl3O3S/c13-10-2-1-8(11(14)6-10)5-9-7-18-4-3-12(9)19(15,16)17/h1-2,6,9,12H,3-5,7H2/t9-,12+/m1/s1. The van der Waals surface area contributed by atoms with Gasteiger partial charge in [0.15, 0.2) is 0 Å². The van der Waals surface area contributed by atoms with Crippen molar-refractivity contribution in [2.75, 3.05) is 13.2 Å². The van der Waals surface area contributed by atoms with E-state index in [2.05, 4.69) is 0 Å². The molecule has 1 aliphatic heterocycles. The van der Waals surface area contributed by atoms with E-state index in [1.165, 1.54) is 0 Å². The zero-order valence-electron chi connectivity index (χ0n) is 9.98. The highest BCUT2D eigenvalue weighted by Crippen LogP contribution is 2.30. The van der Waals surface area contributed by atoms with Crippen molar-refractivity contribution >= 4 is 42.9 Å². The molecule has 0 N–H and O–H groups in total. The molecular formula is C12H13Cl3O3S. The van der Waals surface area contributed by atoms with E-state index in [9.17, 15) is 8.42 Å². The topological polar surface area (TPSA) is 43.4 Å². The summed E-state index contributed by atoms with van der Waals surface area (Å²) in [4.78, 5) is 0. The highest BCUT2D eigenvalue weighted by molar-refractivity contribution is 8.14. The molecule has 1 aromatic carbocycles. The van der Waals surface area contributed by atoms with Crippen molar-refractivity contribution in [2.24, 2.45) is 5.92 Å². The molecular weight excluding hydrogens is 331 g/mol. The van der Waals surface area contributed by atoms with Crippen LogP contribution in [0.25, 0.3) is 0 Å². The zero-order chi connectivity index (χ0) is 14.0. The minimum atomic E-state index is -3.59. The summed E-state index contributed by atoms with van der Waals surface area (Å²) in [6.45, 7) is 0.789. The molecule has 19 heavy (non-hydrogen) atoms. The Kier molecular flexibility index (Phi) is 5.01. The largest absolute Gasteiger partial charge is 0.381 e. The van der Waals surface area contributed by atoms with Crippen LogP contribution in [0.15, 0.2) is 18.2 Å². The zero-order valence-corrected chi connectivity index (χ0v) is 13.1. The number of ether oxygens (including phenoxy) is 1. The third-order valence-electron chi connectivity index (χ3n) is 3.26. The molecule has 2 rings (SSSR count). The van der Waals surface area contributed by atoms with Crippen LogP contribution in [0.2, 0.25) is 10.0 Å². The lowest BCUT2D eigenvalue weighted by Crippen LogP contribution is -2.37. The maximum absolute atomic E-state index is 11.6. The number of hydrogen-bond acceptors (Lipinski definition) is 3. The summed E-state index contributed by atoms with van der Waals surface area (Å²) in [6.07, 6.45) is 0.925. The fourth-order valence-corrected chi connectivity index (χ4v) is 4.51. The Bertz CT molecular complexity index is 559. The Labute approximate surface area is 127 Å². The van der Waals surface area contributed by atoms with E-state index < -0.39 is 14.3 Å². The first kappa shape index (κ1) is 15.4. The lowest BCUT2D eigenvalue weighted by atomic mass is 9.93. The lowest BCUT2D eigenvalue weighted by Gasteiger charge is -2.29. The van der Waals surface area contributed by atoms with Gasteiger partial charge >= 0.3 is 0 Å². The van der Waals surface area contributed by atoms with Crippen molar-refractivity contribution in [2.45, 2.75) is 18.1 Å². The van der Waals surface area contributed by atoms with Crippen LogP contribution in [0.4, 0.5) is 0 Å². The van der Waals surface area contributed by atoms with Gasteiger partial charge < -0.3 is 4.74 Å². The maximum Gasteiger partial charge on any atom is 0.235 e. The molecule has 1 aromatic rings. The summed E-state index contributed by atoms with van der Waals surface area (Å²) in [7, 11) is 1.91. The van der Waals surface area contributed by atoms with E-state index in [1.54, 1.807) is 18.2 Å². The molecule has 7 heteroatoms. The van der Waals surface area contributed by atoms with Gasteiger partial charge in [-0.05, 0) is 30.5 Å². The molecule has 1 aliphatic rings. The van der Waals surface area contributed by atoms with Crippen molar-refractivity contribution in [3.8, 4) is 0 Å². The van der Waals surface area contributed by atoms with E-state index in [4.69, 9.17) is 38.6 Å². The minimum absolute atomic E-state index is 0.185. The van der Waals surface area contributed by atoms with Crippen LogP contribution < -0.4 is 0 Å². The third kappa shape index (κ3) is 3.99. The molecule has 1 fully saturated rings. The summed E-state index contributed by atoms with van der Waals surface area (Å²) in [5, 5.41) is 0.494. The molecule has 0 unspecified atom stereocenters. The predicted molar refractivity (Wildman–Crippen MR) is 77.7 cm³/mol. The van der Waals surface area contributed by atoms with Crippen LogP contribution in [0, 0.1) is 5.92 Å². The number of hydrogen-bond donors (Lipinski definition) is 0. The third-order valence-corrected chi connectivity index (χ3v) is 5.88. The van der Waals surface area contributed by atoms with E-state index in [-0.39, 0.29) is 5.92 Å². The highest BCUT2D eigenvalue weighted by atomic mass is 35.7. The summed E-state index contributed by atoms with van der Waals surface area (Å²) in [6, 6.07) is 5.18. The van der Waals surface area contributed by atoms with Gasteiger partial charge in [0.1, 0.15) is 0 Å². The van der Waals surface area contributed by atoms with Crippen molar-refractivity contribution in [1.29, 1.82) is 0 Å². The van der Waals surface area contributed by atoms with Gasteiger partial charge in [0.2, 0.25) is 9.05 Å². The summed E-state index contributed by atoms with van der Waals surface area (Å²) < 4.78 is 28.5. The number of halogens is 3. The predicted octanol–water partition coefficient (Wildman–Crippen LogP) is 3.51. The fourth-order valence-electron chi connectivity index (χ4n) is 2.31. The molecule has 0 bridgehead atoms. The van der Waals surface area contributed by atoms with Gasteiger partial charge in [-0.1, -0.05) is 29.3 Å². The van der Waals surface area contributed by atoms with E-state index in [1.807, 2.05) is 0 Å². The fraction of sp³-hybridized carbons (Fsp3) is 0.500. The molecule has 0 amide bonds. The SMILES string of the molecule is O=S(=O)(Cl)[C@H]1CCOC[C@H]1Cc1ccc(Cl)cc1Cl. The average molecular weight is 344 g/mol. The smallest absolute Gasteiger partial charge is 0.235 e. The average Bonchev–Trinajstić information content (AvgIpc) is 2.32. The highest BCUT2D eigenvalue weighted by Gasteiger charge is 2.35. The number of rotatable bonds is 3. The Hall–Kier alpha value is -0.000000000000000111. The van der Waals surface area contributed by atoms with Gasteiger partial charge in [0, 0.05) is 33.3 Å². The van der Waals surface area contributed by atoms with Gasteiger partial charge in [-0.2, -0.15) is 0 Å². The van der Waals surface area contributed by atoms with Gasteiger partial charge in [0.25, 0.3) is 0 Å². The summed E-state index contributed by atoms with van der Waals surface area (Å²) in [5.41, 5.74) is 0.854. The summed E-state index contributed by atoms with van der Waals surface area (Å²) >= 11 is 11.9. The molecule has 2 atom stereocenters. The molecule has 0 aliphatic carbocycles. The van der Waals surface area contributed by atoms with E-state index in [0.717, 1.165) is 5.56 Å². The molecule has 0 aromatic heterocycles. The quantitative estimate of drug-likeness (QED) is 0.789. The van der Waals surface area contributed by atoms with Crippen molar-refractivity contribution in [3.63, 3.8) is 0 Å². The Balaban J connectivity index is 2.20. The minimum Gasteiger partial charge on any atom is -0.381 e. The first-order chi connectivity index (χ1) is 8.88. The van der Waals surface area contributed by atoms with Crippen molar-refractivity contribution < 1.29 is 13.2 Å². The first-order valence-corrected chi connectivity index (χ1v) is 8.96. The van der Waals surface area contributed by atoms with Gasteiger partial charge in [-0.3, -0.25) is 0 Å². The molecule has 0 radical (unpaired) electrons. The maximum atomic E-state index is 11.6. The molecule has 1 heterocycles. The van der Waals surface area contributed by atoms with Crippen LogP contribution in [-0.4, -0.2) is 26.9 Å². The van der Waals surface area contributed by atoms with Crippen LogP contribution >= 0.6 is 33.9 Å². The molecule has 0 spiro atoms. The van der Waals surface area contributed by atoms with E-state index >= 15 is 0 Å². The van der Waals surface area contributed by atoms with Crippen LogP contribution in [0.5, 0.6) is 0 Å². The Morgan fingerprint density at radius 3 is 2.68 bits per heavy atom. The number of benzene rings is 1. The van der Waals surface area contributed by atoms with Crippen molar-refractivity contribution in [3.05, 3.63) is 33.8 Å². The lowest BCUT2D eigenvalue weighted by molar-refractivity contribution is 0.0577. The first-order valence-electron chi connectivity index (χ1n) is 5.83. The molecule has 106 valence electrons. The van der Waals surface area contributed by atoms with Crippen molar-refractivity contribution in [1.82, 2.24) is 0 Å². The Morgan fingerprint density at radius 1 is 1.32 bits per heavy atom. The van der Waals surface area contributed by atoms with Crippen LogP contribution in [0.1, 0.15) is 12.0 Å². The van der Waals surface area contributed by atoms with Gasteiger partial charge in [0.05, 0.1) is 11.9 Å². The molecule has 0 saturated carbocycles. The normalized spacial score (nSPS) is 24.4. The van der Waals surface area contributed by atoms with E-state index in [0.29, 0.717) is 36.1 Å². The second-order valence-electron chi connectivity index (χ2n) is 4.58. The second-order valence-corrected chi connectivity index (χ2v) is 8.27. The second kappa shape index (κ2) is 6.19. The van der Waals surface area contributed by atoms with Crippen LogP contribution in [-0.2, 0) is 20.2 Å².